The summed E-state index contributed by atoms with van der Waals surface area (Å²) >= 11 is 0. The van der Waals surface area contributed by atoms with E-state index >= 15 is 0 Å². The number of amides is 1. The van der Waals surface area contributed by atoms with Crippen LogP contribution in [0.2, 0.25) is 0 Å². The Balaban J connectivity index is 1.42. The molecule has 0 spiro atoms. The summed E-state index contributed by atoms with van der Waals surface area (Å²) in [5, 5.41) is 4.33. The van der Waals surface area contributed by atoms with Gasteiger partial charge in [0.15, 0.2) is 0 Å². The molecule has 3 aromatic rings. The number of nitrogens with zero attached hydrogens (tertiary/aromatic N) is 6. The summed E-state index contributed by atoms with van der Waals surface area (Å²) < 4.78 is 2.20. The lowest BCUT2D eigenvalue weighted by molar-refractivity contribution is 0.0780. The van der Waals surface area contributed by atoms with Gasteiger partial charge in [0, 0.05) is 74.8 Å². The largest absolute Gasteiger partial charge is 0.369 e. The van der Waals surface area contributed by atoms with E-state index in [2.05, 4.69) is 70.6 Å². The minimum atomic E-state index is -0.0494. The van der Waals surface area contributed by atoms with E-state index in [9.17, 15) is 4.79 Å². The molecular formula is C29H41N7O. The van der Waals surface area contributed by atoms with E-state index in [-0.39, 0.29) is 11.4 Å². The van der Waals surface area contributed by atoms with Gasteiger partial charge < -0.3 is 19.7 Å². The number of benzene rings is 1. The van der Waals surface area contributed by atoms with Crippen LogP contribution in [-0.2, 0) is 5.54 Å². The number of anilines is 3. The highest BCUT2D eigenvalue weighted by Gasteiger charge is 2.41. The number of hydrogen-bond donors (Lipinski definition) is 1. The second kappa shape index (κ2) is 9.97. The van der Waals surface area contributed by atoms with Crippen LogP contribution < -0.4 is 10.2 Å². The Morgan fingerprint density at radius 1 is 1.14 bits per heavy atom. The minimum absolute atomic E-state index is 0.00711. The first-order valence-corrected chi connectivity index (χ1v) is 13.7. The molecule has 1 amide bonds. The molecular weight excluding hydrogens is 462 g/mol. The lowest BCUT2D eigenvalue weighted by Gasteiger charge is -2.44. The van der Waals surface area contributed by atoms with Crippen molar-refractivity contribution in [1.29, 1.82) is 0 Å². The van der Waals surface area contributed by atoms with Gasteiger partial charge in [-0.15, -0.1) is 0 Å². The van der Waals surface area contributed by atoms with Crippen molar-refractivity contribution in [2.75, 3.05) is 50.5 Å². The van der Waals surface area contributed by atoms with Gasteiger partial charge in [-0.1, -0.05) is 6.92 Å². The molecule has 37 heavy (non-hydrogen) atoms. The van der Waals surface area contributed by atoms with Crippen molar-refractivity contribution in [2.45, 2.75) is 65.0 Å². The lowest BCUT2D eigenvalue weighted by atomic mass is 9.74. The number of piperazine rings is 1. The number of carbonyl (C=O) groups is 1. The Morgan fingerprint density at radius 3 is 2.43 bits per heavy atom. The number of hydrogen-bond acceptors (Lipinski definition) is 6. The first-order chi connectivity index (χ1) is 17.7. The molecule has 1 saturated heterocycles. The number of fused-ring (bicyclic) bond motifs is 1. The molecule has 2 aliphatic rings. The van der Waals surface area contributed by atoms with E-state index in [4.69, 9.17) is 4.98 Å². The van der Waals surface area contributed by atoms with Crippen LogP contribution in [0.1, 0.15) is 62.5 Å². The molecule has 3 heterocycles. The highest BCUT2D eigenvalue weighted by atomic mass is 16.2. The lowest BCUT2D eigenvalue weighted by Crippen LogP contribution is -2.49. The number of carbonyl (C=O) groups excluding carboxylic acids is 1. The van der Waals surface area contributed by atoms with Crippen LogP contribution in [0.5, 0.6) is 0 Å². The Hall–Kier alpha value is -3.13. The summed E-state index contributed by atoms with van der Waals surface area (Å²) in [5.41, 5.74) is 4.99. The topological polar surface area (TPSA) is 69.5 Å². The molecule has 0 radical (unpaired) electrons. The van der Waals surface area contributed by atoms with Gasteiger partial charge in [-0.05, 0) is 76.3 Å². The molecule has 198 valence electrons. The second-order valence-electron chi connectivity index (χ2n) is 11.2. The summed E-state index contributed by atoms with van der Waals surface area (Å²) in [7, 11) is 3.61. The van der Waals surface area contributed by atoms with E-state index in [0.29, 0.717) is 17.7 Å². The van der Waals surface area contributed by atoms with Crippen molar-refractivity contribution in [2.24, 2.45) is 0 Å². The fourth-order valence-electron chi connectivity index (χ4n) is 5.93. The SMILES string of the molecule is CCC1(n2c(C(=O)N(C)C)cc3cnc(Nc4ccc(N5CCN(C(C)C)CC5)c(C)c4)nc32)CCC1. The molecule has 1 N–H and O–H groups in total. The van der Waals surface area contributed by atoms with Crippen molar-refractivity contribution >= 4 is 34.3 Å². The molecule has 1 aliphatic carbocycles. The predicted octanol–water partition coefficient (Wildman–Crippen LogP) is 5.00. The molecule has 8 nitrogen and oxygen atoms in total. The van der Waals surface area contributed by atoms with Gasteiger partial charge >= 0.3 is 0 Å². The van der Waals surface area contributed by atoms with Crippen LogP contribution in [-0.4, -0.2) is 76.6 Å². The average Bonchev–Trinajstić information content (AvgIpc) is 3.22. The maximum atomic E-state index is 13.1. The maximum absolute atomic E-state index is 13.1. The third-order valence-electron chi connectivity index (χ3n) is 8.42. The van der Waals surface area contributed by atoms with Gasteiger partial charge in [0.1, 0.15) is 11.3 Å². The number of aryl methyl sites for hydroxylation is 1. The molecule has 5 rings (SSSR count). The average molecular weight is 504 g/mol. The zero-order chi connectivity index (χ0) is 26.3. The number of aromatic nitrogens is 3. The predicted molar refractivity (Wildman–Crippen MR) is 151 cm³/mol. The molecule has 0 bridgehead atoms. The second-order valence-corrected chi connectivity index (χ2v) is 11.2. The number of rotatable bonds is 7. The molecule has 1 aliphatic heterocycles. The maximum Gasteiger partial charge on any atom is 0.270 e. The van der Waals surface area contributed by atoms with Crippen LogP contribution in [0.3, 0.4) is 0 Å². The molecule has 2 aromatic heterocycles. The van der Waals surface area contributed by atoms with E-state index in [1.807, 2.05) is 12.3 Å². The summed E-state index contributed by atoms with van der Waals surface area (Å²) in [4.78, 5) is 29.3. The Bertz CT molecular complexity index is 1280. The van der Waals surface area contributed by atoms with E-state index < -0.39 is 0 Å². The third-order valence-corrected chi connectivity index (χ3v) is 8.42. The molecule has 2 fully saturated rings. The normalized spacial score (nSPS) is 17.8. The van der Waals surface area contributed by atoms with Gasteiger partial charge in [-0.3, -0.25) is 9.69 Å². The smallest absolute Gasteiger partial charge is 0.270 e. The van der Waals surface area contributed by atoms with Gasteiger partial charge in [0.05, 0.1) is 0 Å². The summed E-state index contributed by atoms with van der Waals surface area (Å²) in [6.07, 6.45) is 6.13. The Morgan fingerprint density at radius 2 is 1.86 bits per heavy atom. The van der Waals surface area contributed by atoms with Gasteiger partial charge in [-0.25, -0.2) is 4.98 Å². The molecule has 8 heteroatoms. The van der Waals surface area contributed by atoms with Crippen molar-refractivity contribution < 1.29 is 4.79 Å². The Labute approximate surface area is 220 Å². The van der Waals surface area contributed by atoms with E-state index in [1.165, 1.54) is 17.7 Å². The zero-order valence-corrected chi connectivity index (χ0v) is 23.2. The van der Waals surface area contributed by atoms with Crippen molar-refractivity contribution in [3.63, 3.8) is 0 Å². The van der Waals surface area contributed by atoms with E-state index in [0.717, 1.165) is 62.2 Å². The van der Waals surface area contributed by atoms with Crippen molar-refractivity contribution in [3.8, 4) is 0 Å². The molecule has 1 aromatic carbocycles. The van der Waals surface area contributed by atoms with Crippen molar-refractivity contribution in [3.05, 3.63) is 41.7 Å². The fourth-order valence-corrected chi connectivity index (χ4v) is 5.93. The summed E-state index contributed by atoms with van der Waals surface area (Å²) in [6.45, 7) is 13.2. The van der Waals surface area contributed by atoms with Crippen LogP contribution in [0.4, 0.5) is 17.3 Å². The van der Waals surface area contributed by atoms with Crippen LogP contribution in [0, 0.1) is 6.92 Å². The highest BCUT2D eigenvalue weighted by molar-refractivity contribution is 5.98. The van der Waals surface area contributed by atoms with Crippen LogP contribution in [0.25, 0.3) is 11.0 Å². The summed E-state index contributed by atoms with van der Waals surface area (Å²) in [6, 6.07) is 9.05. The van der Waals surface area contributed by atoms with Crippen LogP contribution in [0.15, 0.2) is 30.5 Å². The van der Waals surface area contributed by atoms with Gasteiger partial charge in [-0.2, -0.15) is 4.98 Å². The van der Waals surface area contributed by atoms with Crippen LogP contribution >= 0.6 is 0 Å². The van der Waals surface area contributed by atoms with Gasteiger partial charge in [0.2, 0.25) is 5.95 Å². The van der Waals surface area contributed by atoms with Gasteiger partial charge in [0.25, 0.3) is 5.91 Å². The van der Waals surface area contributed by atoms with E-state index in [1.54, 1.807) is 19.0 Å². The highest BCUT2D eigenvalue weighted by Crippen LogP contribution is 2.45. The quantitative estimate of drug-likeness (QED) is 0.489. The molecule has 0 unspecified atom stereocenters. The Kier molecular flexibility index (Phi) is 6.88. The van der Waals surface area contributed by atoms with Crippen molar-refractivity contribution in [1.82, 2.24) is 24.3 Å². The monoisotopic (exact) mass is 503 g/mol. The minimum Gasteiger partial charge on any atom is -0.369 e. The third kappa shape index (κ3) is 4.67. The zero-order valence-electron chi connectivity index (χ0n) is 23.2. The standard InChI is InChI=1S/C29H41N7O/c1-7-29(11-8-12-29)36-25(27(37)33(5)6)18-22-19-30-28(32-26(22)36)31-23-9-10-24(21(4)17-23)35-15-13-34(14-16-35)20(2)3/h9-10,17-20H,7-8,11-16H2,1-6H3,(H,30,31,32). The first kappa shape index (κ1) is 25.5. The number of nitrogens with one attached hydrogen (secondary N) is 1. The fraction of sp³-hybridized carbons (Fsp3) is 0.552. The first-order valence-electron chi connectivity index (χ1n) is 13.7. The molecule has 1 saturated carbocycles. The molecule has 0 atom stereocenters. The summed E-state index contributed by atoms with van der Waals surface area (Å²) in [5.74, 6) is 0.562.